The van der Waals surface area contributed by atoms with Crippen molar-refractivity contribution in [3.63, 3.8) is 0 Å². The lowest BCUT2D eigenvalue weighted by Crippen LogP contribution is -2.40. The van der Waals surface area contributed by atoms with E-state index in [1.807, 2.05) is 0 Å². The third kappa shape index (κ3) is 3.12. The Balaban J connectivity index is 1.87. The minimum absolute atomic E-state index is 0.335. The van der Waals surface area contributed by atoms with E-state index >= 15 is 0 Å². The molecule has 0 aliphatic carbocycles. The summed E-state index contributed by atoms with van der Waals surface area (Å²) < 4.78 is 0. The van der Waals surface area contributed by atoms with E-state index in [0.29, 0.717) is 11.5 Å². The molecule has 1 atom stereocenters. The van der Waals surface area contributed by atoms with Gasteiger partial charge in [-0.05, 0) is 30.0 Å². The lowest BCUT2D eigenvalue weighted by atomic mass is 9.85. The summed E-state index contributed by atoms with van der Waals surface area (Å²) in [5.41, 5.74) is 3.35. The van der Waals surface area contributed by atoms with Gasteiger partial charge in [0.25, 0.3) is 0 Å². The summed E-state index contributed by atoms with van der Waals surface area (Å²) >= 11 is 0. The van der Waals surface area contributed by atoms with E-state index in [2.05, 4.69) is 62.3 Å². The average Bonchev–Trinajstić information content (AvgIpc) is 2.70. The van der Waals surface area contributed by atoms with Crippen LogP contribution in [0.25, 0.3) is 0 Å². The van der Waals surface area contributed by atoms with Crippen LogP contribution in [-0.4, -0.2) is 24.5 Å². The molecule has 1 heterocycles. The number of nitrogens with one attached hydrogen (secondary N) is 1. The molecule has 2 heteroatoms. The standard InChI is InChI=1S/C16H26N2/c1-16(2,3)15(17-4)9-10-18-11-13-7-5-6-8-14(13)12-18/h5-8,15,17H,9-12H2,1-4H3. The molecule has 0 amide bonds. The Kier molecular flexibility index (Phi) is 4.08. The molecular weight excluding hydrogens is 220 g/mol. The van der Waals surface area contributed by atoms with E-state index in [0.717, 1.165) is 13.1 Å². The van der Waals surface area contributed by atoms with Gasteiger partial charge in [-0.25, -0.2) is 0 Å². The van der Waals surface area contributed by atoms with Crippen LogP contribution in [0.15, 0.2) is 24.3 Å². The molecule has 100 valence electrons. The molecule has 1 aromatic carbocycles. The van der Waals surface area contributed by atoms with Gasteiger partial charge in [-0.1, -0.05) is 45.0 Å². The molecule has 0 radical (unpaired) electrons. The molecule has 1 aliphatic heterocycles. The number of rotatable bonds is 4. The van der Waals surface area contributed by atoms with Crippen molar-refractivity contribution in [1.82, 2.24) is 10.2 Å². The smallest absolute Gasteiger partial charge is 0.0240 e. The van der Waals surface area contributed by atoms with Crippen molar-refractivity contribution >= 4 is 0 Å². The Morgan fingerprint density at radius 3 is 2.17 bits per heavy atom. The van der Waals surface area contributed by atoms with E-state index in [9.17, 15) is 0 Å². The van der Waals surface area contributed by atoms with E-state index in [1.165, 1.54) is 24.1 Å². The zero-order chi connectivity index (χ0) is 13.2. The average molecular weight is 246 g/mol. The molecule has 2 rings (SSSR count). The fourth-order valence-corrected chi connectivity index (χ4v) is 2.88. The summed E-state index contributed by atoms with van der Waals surface area (Å²) in [5.74, 6) is 0. The van der Waals surface area contributed by atoms with Gasteiger partial charge in [0.05, 0.1) is 0 Å². The molecule has 1 aliphatic rings. The molecule has 0 saturated carbocycles. The van der Waals surface area contributed by atoms with E-state index in [1.54, 1.807) is 0 Å². The summed E-state index contributed by atoms with van der Waals surface area (Å²) in [5, 5.41) is 3.46. The van der Waals surface area contributed by atoms with Crippen LogP contribution in [0.4, 0.5) is 0 Å². The van der Waals surface area contributed by atoms with Gasteiger partial charge in [0.15, 0.2) is 0 Å². The van der Waals surface area contributed by atoms with Crippen LogP contribution in [0.5, 0.6) is 0 Å². The molecule has 18 heavy (non-hydrogen) atoms. The highest BCUT2D eigenvalue weighted by molar-refractivity contribution is 5.30. The maximum atomic E-state index is 3.46. The molecule has 2 nitrogen and oxygen atoms in total. The van der Waals surface area contributed by atoms with Crippen molar-refractivity contribution in [2.75, 3.05) is 13.6 Å². The van der Waals surface area contributed by atoms with Crippen LogP contribution in [0, 0.1) is 5.41 Å². The molecule has 1 unspecified atom stereocenters. The first-order valence-electron chi connectivity index (χ1n) is 6.97. The van der Waals surface area contributed by atoms with Crippen LogP contribution < -0.4 is 5.32 Å². The van der Waals surface area contributed by atoms with Crippen LogP contribution in [-0.2, 0) is 13.1 Å². The van der Waals surface area contributed by atoms with Crippen LogP contribution >= 0.6 is 0 Å². The van der Waals surface area contributed by atoms with Crippen molar-refractivity contribution < 1.29 is 0 Å². The van der Waals surface area contributed by atoms with Crippen molar-refractivity contribution in [3.05, 3.63) is 35.4 Å². The van der Waals surface area contributed by atoms with E-state index < -0.39 is 0 Å². The normalized spacial score (nSPS) is 17.8. The third-order valence-electron chi connectivity index (χ3n) is 4.03. The molecule has 0 aromatic heterocycles. The van der Waals surface area contributed by atoms with Gasteiger partial charge in [0.2, 0.25) is 0 Å². The van der Waals surface area contributed by atoms with Crippen molar-refractivity contribution in [2.45, 2.75) is 46.3 Å². The second-order valence-corrected chi connectivity index (χ2v) is 6.48. The Morgan fingerprint density at radius 1 is 1.17 bits per heavy atom. The topological polar surface area (TPSA) is 15.3 Å². The first-order chi connectivity index (χ1) is 8.50. The first-order valence-corrected chi connectivity index (χ1v) is 6.97. The third-order valence-corrected chi connectivity index (χ3v) is 4.03. The zero-order valence-electron chi connectivity index (χ0n) is 12.2. The predicted octanol–water partition coefficient (Wildman–Crippen LogP) is 3.03. The highest BCUT2D eigenvalue weighted by atomic mass is 15.1. The lowest BCUT2D eigenvalue weighted by molar-refractivity contribution is 0.212. The molecule has 0 spiro atoms. The van der Waals surface area contributed by atoms with Gasteiger partial charge < -0.3 is 5.32 Å². The summed E-state index contributed by atoms with van der Waals surface area (Å²) in [6, 6.07) is 9.40. The highest BCUT2D eigenvalue weighted by Gasteiger charge is 2.25. The number of nitrogens with zero attached hydrogens (tertiary/aromatic N) is 1. The van der Waals surface area contributed by atoms with E-state index in [4.69, 9.17) is 0 Å². The second kappa shape index (κ2) is 5.41. The second-order valence-electron chi connectivity index (χ2n) is 6.48. The Hall–Kier alpha value is -0.860. The minimum atomic E-state index is 0.335. The van der Waals surface area contributed by atoms with Crippen LogP contribution in [0.2, 0.25) is 0 Å². The van der Waals surface area contributed by atoms with Gasteiger partial charge in [-0.2, -0.15) is 0 Å². The Bertz CT molecular complexity index is 367. The SMILES string of the molecule is CNC(CCN1Cc2ccccc2C1)C(C)(C)C. The largest absolute Gasteiger partial charge is 0.316 e. The quantitative estimate of drug-likeness (QED) is 0.878. The first kappa shape index (κ1) is 13.6. The molecule has 0 fully saturated rings. The molecule has 0 bridgehead atoms. The van der Waals surface area contributed by atoms with Crippen molar-refractivity contribution in [2.24, 2.45) is 5.41 Å². The van der Waals surface area contributed by atoms with Gasteiger partial charge in [0, 0.05) is 25.7 Å². The Morgan fingerprint density at radius 2 is 1.72 bits per heavy atom. The number of hydrogen-bond donors (Lipinski definition) is 1. The van der Waals surface area contributed by atoms with Crippen LogP contribution in [0.3, 0.4) is 0 Å². The number of hydrogen-bond acceptors (Lipinski definition) is 2. The zero-order valence-corrected chi connectivity index (χ0v) is 12.2. The fourth-order valence-electron chi connectivity index (χ4n) is 2.88. The maximum Gasteiger partial charge on any atom is 0.0240 e. The summed E-state index contributed by atoms with van der Waals surface area (Å²) in [4.78, 5) is 2.56. The number of fused-ring (bicyclic) bond motifs is 1. The minimum Gasteiger partial charge on any atom is -0.316 e. The lowest BCUT2D eigenvalue weighted by Gasteiger charge is -2.31. The van der Waals surface area contributed by atoms with Crippen LogP contribution in [0.1, 0.15) is 38.3 Å². The number of benzene rings is 1. The molecule has 1 aromatic rings. The monoisotopic (exact) mass is 246 g/mol. The molecule has 1 N–H and O–H groups in total. The van der Waals surface area contributed by atoms with Gasteiger partial charge >= 0.3 is 0 Å². The van der Waals surface area contributed by atoms with Crippen molar-refractivity contribution in [3.8, 4) is 0 Å². The van der Waals surface area contributed by atoms with E-state index in [-0.39, 0.29) is 0 Å². The molecular formula is C16H26N2. The summed E-state index contributed by atoms with van der Waals surface area (Å²) in [6.45, 7) is 10.4. The summed E-state index contributed by atoms with van der Waals surface area (Å²) in [7, 11) is 2.08. The highest BCUT2D eigenvalue weighted by Crippen LogP contribution is 2.25. The maximum absolute atomic E-state index is 3.46. The van der Waals surface area contributed by atoms with Gasteiger partial charge in [0.1, 0.15) is 0 Å². The molecule has 0 saturated heterocycles. The fraction of sp³-hybridized carbons (Fsp3) is 0.625. The Labute approximate surface area is 111 Å². The van der Waals surface area contributed by atoms with Gasteiger partial charge in [-0.3, -0.25) is 4.90 Å². The van der Waals surface area contributed by atoms with Gasteiger partial charge in [-0.15, -0.1) is 0 Å². The van der Waals surface area contributed by atoms with Crippen molar-refractivity contribution in [1.29, 1.82) is 0 Å². The predicted molar refractivity (Wildman–Crippen MR) is 77.5 cm³/mol. The summed E-state index contributed by atoms with van der Waals surface area (Å²) in [6.07, 6.45) is 1.22.